The van der Waals surface area contributed by atoms with E-state index in [1.165, 1.54) is 6.33 Å². The summed E-state index contributed by atoms with van der Waals surface area (Å²) in [5.74, 6) is 1.77. The number of anilines is 1. The third kappa shape index (κ3) is 5.91. The number of ether oxygens (including phenoxy) is 5. The first-order valence-corrected chi connectivity index (χ1v) is 14.6. The van der Waals surface area contributed by atoms with Crippen LogP contribution in [0.25, 0.3) is 11.2 Å². The van der Waals surface area contributed by atoms with Crippen LogP contribution in [0.5, 0.6) is 11.5 Å². The predicted molar refractivity (Wildman–Crippen MR) is 166 cm³/mol. The van der Waals surface area contributed by atoms with Crippen LogP contribution in [0.1, 0.15) is 35.8 Å². The second-order valence-corrected chi connectivity index (χ2v) is 10.6. The molecule has 11 heteroatoms. The molecule has 0 aliphatic carbocycles. The minimum atomic E-state index is -1.03. The van der Waals surface area contributed by atoms with Crippen LogP contribution < -0.4 is 15.2 Å². The van der Waals surface area contributed by atoms with Gasteiger partial charge in [-0.1, -0.05) is 54.6 Å². The summed E-state index contributed by atoms with van der Waals surface area (Å²) in [7, 11) is 3.28. The standard InChI is InChI=1S/C34H34N6O5/c1-41-26-13-9-24(10-14-26)34(23-7-4-3-5-8-23,25-11-15-27(42-2)16-12-25)44-20-29-28(43-18-6-17-35)19-30(45-29)40-22-39-31-32(36)37-21-38-33(31)40/h3-5,7-16,21-22,28-30H,6,18-20H2,1-2H3,(H2,36,37,38)/t28-,29+,30+/m0/s1. The van der Waals surface area contributed by atoms with Gasteiger partial charge in [0.1, 0.15) is 41.3 Å². The van der Waals surface area contributed by atoms with Crippen LogP contribution in [0.2, 0.25) is 0 Å². The number of fused-ring (bicyclic) bond motifs is 1. The lowest BCUT2D eigenvalue weighted by Crippen LogP contribution is -2.38. The van der Waals surface area contributed by atoms with Crippen molar-refractivity contribution in [2.75, 3.05) is 33.2 Å². The average Bonchev–Trinajstić information content (AvgIpc) is 3.71. The summed E-state index contributed by atoms with van der Waals surface area (Å²) in [5, 5.41) is 9.17. The number of hydrogen-bond donors (Lipinski definition) is 1. The Balaban J connectivity index is 1.39. The van der Waals surface area contributed by atoms with Gasteiger partial charge in [0.05, 0.1) is 52.4 Å². The van der Waals surface area contributed by atoms with Gasteiger partial charge in [0.25, 0.3) is 0 Å². The van der Waals surface area contributed by atoms with Crippen LogP contribution >= 0.6 is 0 Å². The molecule has 0 unspecified atom stereocenters. The van der Waals surface area contributed by atoms with E-state index in [4.69, 9.17) is 29.4 Å². The number of rotatable bonds is 12. The molecule has 1 aliphatic rings. The van der Waals surface area contributed by atoms with Crippen molar-refractivity contribution < 1.29 is 23.7 Å². The summed E-state index contributed by atoms with van der Waals surface area (Å²) in [6.45, 7) is 0.443. The largest absolute Gasteiger partial charge is 0.497 e. The van der Waals surface area contributed by atoms with E-state index in [9.17, 15) is 5.26 Å². The lowest BCUT2D eigenvalue weighted by Gasteiger charge is -2.37. The van der Waals surface area contributed by atoms with E-state index < -0.39 is 17.9 Å². The molecule has 3 atom stereocenters. The molecule has 1 aliphatic heterocycles. The molecule has 0 amide bonds. The molecule has 3 heterocycles. The van der Waals surface area contributed by atoms with Crippen molar-refractivity contribution in [2.24, 2.45) is 0 Å². The Morgan fingerprint density at radius 3 is 2.18 bits per heavy atom. The quantitative estimate of drug-likeness (QED) is 0.152. The summed E-state index contributed by atoms with van der Waals surface area (Å²) >= 11 is 0. The molecule has 0 radical (unpaired) electrons. The van der Waals surface area contributed by atoms with Gasteiger partial charge in [-0.3, -0.25) is 4.57 Å². The molecular weight excluding hydrogens is 572 g/mol. The molecule has 0 bridgehead atoms. The lowest BCUT2D eigenvalue weighted by molar-refractivity contribution is -0.103. The molecule has 11 nitrogen and oxygen atoms in total. The van der Waals surface area contributed by atoms with E-state index >= 15 is 0 Å². The summed E-state index contributed by atoms with van der Waals surface area (Å²) in [4.78, 5) is 12.9. The number of methoxy groups -OCH3 is 2. The molecule has 2 N–H and O–H groups in total. The molecule has 45 heavy (non-hydrogen) atoms. The highest BCUT2D eigenvalue weighted by Gasteiger charge is 2.43. The smallest absolute Gasteiger partial charge is 0.167 e. The van der Waals surface area contributed by atoms with Crippen LogP contribution in [0.15, 0.2) is 91.5 Å². The van der Waals surface area contributed by atoms with Crippen molar-refractivity contribution in [1.82, 2.24) is 19.5 Å². The van der Waals surface area contributed by atoms with E-state index in [1.807, 2.05) is 71.3 Å². The Labute approximate surface area is 261 Å². The van der Waals surface area contributed by atoms with Crippen molar-refractivity contribution in [2.45, 2.75) is 36.9 Å². The van der Waals surface area contributed by atoms with E-state index in [1.54, 1.807) is 20.5 Å². The Bertz CT molecular complexity index is 1710. The number of aromatic nitrogens is 4. The van der Waals surface area contributed by atoms with Gasteiger partial charge < -0.3 is 29.4 Å². The predicted octanol–water partition coefficient (Wildman–Crippen LogP) is 5.02. The SMILES string of the molecule is COc1ccc(C(OC[C@H]2O[C@@H](n3cnc4c(N)ncnc43)C[C@@H]2OCCC#N)(c2ccccc2)c2ccc(OC)cc2)cc1. The molecule has 1 saturated heterocycles. The maximum atomic E-state index is 9.17. The lowest BCUT2D eigenvalue weighted by atomic mass is 9.80. The van der Waals surface area contributed by atoms with E-state index in [0.717, 1.165) is 28.2 Å². The number of nitrogens with two attached hydrogens (primary N) is 1. The Morgan fingerprint density at radius 1 is 0.911 bits per heavy atom. The first-order chi connectivity index (χ1) is 22.1. The molecule has 5 aromatic rings. The summed E-state index contributed by atoms with van der Waals surface area (Å²) in [6, 6.07) is 28.0. The van der Waals surface area contributed by atoms with Crippen LogP contribution in [-0.2, 0) is 19.8 Å². The van der Waals surface area contributed by atoms with Gasteiger partial charge in [-0.15, -0.1) is 0 Å². The Kier molecular flexibility index (Phi) is 8.89. The van der Waals surface area contributed by atoms with E-state index in [0.29, 0.717) is 23.4 Å². The molecule has 3 aromatic carbocycles. The van der Waals surface area contributed by atoms with Gasteiger partial charge in [0, 0.05) is 6.42 Å². The topological polar surface area (TPSA) is 140 Å². The fourth-order valence-corrected chi connectivity index (χ4v) is 5.81. The first kappa shape index (κ1) is 30.0. The number of benzene rings is 3. The van der Waals surface area contributed by atoms with E-state index in [-0.39, 0.29) is 25.7 Å². The number of nitriles is 1. The Hall–Kier alpha value is -5.02. The van der Waals surface area contributed by atoms with Gasteiger partial charge >= 0.3 is 0 Å². The highest BCUT2D eigenvalue weighted by atomic mass is 16.6. The number of nitrogens with zero attached hydrogens (tertiary/aromatic N) is 5. The molecule has 6 rings (SSSR count). The first-order valence-electron chi connectivity index (χ1n) is 14.6. The minimum Gasteiger partial charge on any atom is -0.497 e. The summed E-state index contributed by atoms with van der Waals surface area (Å²) < 4.78 is 32.7. The second-order valence-electron chi connectivity index (χ2n) is 10.6. The highest BCUT2D eigenvalue weighted by molar-refractivity contribution is 5.81. The number of hydrogen-bond acceptors (Lipinski definition) is 10. The third-order valence-corrected chi connectivity index (χ3v) is 8.06. The van der Waals surface area contributed by atoms with Gasteiger partial charge in [-0.05, 0) is 41.0 Å². The van der Waals surface area contributed by atoms with Gasteiger partial charge in [-0.2, -0.15) is 5.26 Å². The minimum absolute atomic E-state index is 0.171. The van der Waals surface area contributed by atoms with Crippen LogP contribution in [0.4, 0.5) is 5.82 Å². The monoisotopic (exact) mass is 606 g/mol. The zero-order valence-electron chi connectivity index (χ0n) is 25.1. The van der Waals surface area contributed by atoms with Crippen molar-refractivity contribution in [3.8, 4) is 17.6 Å². The zero-order chi connectivity index (χ0) is 31.2. The second kappa shape index (κ2) is 13.3. The van der Waals surface area contributed by atoms with E-state index in [2.05, 4.69) is 33.2 Å². The summed E-state index contributed by atoms with van der Waals surface area (Å²) in [5.41, 5.74) is 8.84. The molecular formula is C34H34N6O5. The fourth-order valence-electron chi connectivity index (χ4n) is 5.81. The third-order valence-electron chi connectivity index (χ3n) is 8.06. The van der Waals surface area contributed by atoms with Crippen molar-refractivity contribution in [3.63, 3.8) is 0 Å². The molecule has 0 spiro atoms. The molecule has 1 fully saturated rings. The maximum Gasteiger partial charge on any atom is 0.167 e. The van der Waals surface area contributed by atoms with Crippen molar-refractivity contribution in [3.05, 3.63) is 108 Å². The van der Waals surface area contributed by atoms with Crippen molar-refractivity contribution in [1.29, 1.82) is 5.26 Å². The van der Waals surface area contributed by atoms with Gasteiger partial charge in [-0.25, -0.2) is 15.0 Å². The van der Waals surface area contributed by atoms with Crippen LogP contribution in [-0.4, -0.2) is 59.2 Å². The zero-order valence-corrected chi connectivity index (χ0v) is 25.1. The van der Waals surface area contributed by atoms with Crippen LogP contribution in [0.3, 0.4) is 0 Å². The molecule has 0 saturated carbocycles. The van der Waals surface area contributed by atoms with Gasteiger partial charge in [0.2, 0.25) is 0 Å². The molecule has 230 valence electrons. The average molecular weight is 607 g/mol. The Morgan fingerprint density at radius 2 is 1.56 bits per heavy atom. The van der Waals surface area contributed by atoms with Crippen molar-refractivity contribution >= 4 is 17.0 Å². The van der Waals surface area contributed by atoms with Crippen LogP contribution in [0, 0.1) is 11.3 Å². The number of imidazole rings is 1. The number of nitrogen functional groups attached to an aromatic ring is 1. The fraction of sp³-hybridized carbons (Fsp3) is 0.294. The summed E-state index contributed by atoms with van der Waals surface area (Å²) in [6.07, 6.45) is 2.53. The highest BCUT2D eigenvalue weighted by Crippen LogP contribution is 2.43. The maximum absolute atomic E-state index is 9.17. The van der Waals surface area contributed by atoms with Gasteiger partial charge in [0.15, 0.2) is 11.5 Å². The normalized spacial score (nSPS) is 18.1. The molecule has 2 aromatic heterocycles.